The van der Waals surface area contributed by atoms with Gasteiger partial charge in [-0.3, -0.25) is 4.79 Å². The van der Waals surface area contributed by atoms with Crippen LogP contribution in [0.4, 0.5) is 0 Å². The molecule has 16 heavy (non-hydrogen) atoms. The van der Waals surface area contributed by atoms with Crippen molar-refractivity contribution >= 4 is 5.97 Å². The Labute approximate surface area is 95.1 Å². The van der Waals surface area contributed by atoms with E-state index in [0.717, 1.165) is 18.4 Å². The van der Waals surface area contributed by atoms with Crippen molar-refractivity contribution in [2.75, 3.05) is 0 Å². The van der Waals surface area contributed by atoms with Gasteiger partial charge in [0.1, 0.15) is 18.0 Å². The summed E-state index contributed by atoms with van der Waals surface area (Å²) in [5, 5.41) is 0. The minimum Gasteiger partial charge on any atom is -0.487 e. The van der Waals surface area contributed by atoms with Crippen molar-refractivity contribution in [1.29, 1.82) is 0 Å². The van der Waals surface area contributed by atoms with Crippen molar-refractivity contribution in [2.45, 2.75) is 32.0 Å². The van der Waals surface area contributed by atoms with E-state index in [2.05, 4.69) is 13.2 Å². The predicted molar refractivity (Wildman–Crippen MR) is 58.4 cm³/mol. The Morgan fingerprint density at radius 2 is 2.19 bits per heavy atom. The quantitative estimate of drug-likeness (QED) is 0.415. The van der Waals surface area contributed by atoms with Crippen LogP contribution in [0, 0.1) is 17.8 Å². The molecule has 3 heteroatoms. The van der Waals surface area contributed by atoms with Gasteiger partial charge < -0.3 is 9.47 Å². The van der Waals surface area contributed by atoms with E-state index in [1.165, 1.54) is 0 Å². The molecule has 5 atom stereocenters. The maximum Gasteiger partial charge on any atom is 0.309 e. The highest BCUT2D eigenvalue weighted by Crippen LogP contribution is 2.55. The van der Waals surface area contributed by atoms with Crippen LogP contribution in [0.2, 0.25) is 0 Å². The van der Waals surface area contributed by atoms with E-state index in [-0.39, 0.29) is 24.1 Å². The van der Waals surface area contributed by atoms with Crippen molar-refractivity contribution in [3.05, 3.63) is 24.5 Å². The molecule has 1 aliphatic heterocycles. The lowest BCUT2D eigenvalue weighted by Gasteiger charge is -2.27. The molecule has 5 unspecified atom stereocenters. The van der Waals surface area contributed by atoms with Crippen molar-refractivity contribution in [3.63, 3.8) is 0 Å². The molecule has 3 nitrogen and oxygen atoms in total. The molecule has 0 radical (unpaired) electrons. The van der Waals surface area contributed by atoms with Crippen LogP contribution in [-0.2, 0) is 14.3 Å². The topological polar surface area (TPSA) is 35.5 Å². The second-order valence-electron chi connectivity index (χ2n) is 5.19. The molecule has 0 aromatic carbocycles. The summed E-state index contributed by atoms with van der Waals surface area (Å²) in [6.07, 6.45) is 1.97. The minimum atomic E-state index is -0.0349. The molecule has 0 spiro atoms. The number of rotatable bonds is 3. The molecular formula is C13H16O3. The highest BCUT2D eigenvalue weighted by atomic mass is 16.6. The first-order valence-electron chi connectivity index (χ1n) is 5.80. The average molecular weight is 220 g/mol. The molecule has 2 aliphatic carbocycles. The van der Waals surface area contributed by atoms with Crippen molar-refractivity contribution in [1.82, 2.24) is 0 Å². The standard InChI is InChI=1S/C13H16O3/c1-6(2)7(3)15-11-8-4-9-10(5-8)13(14)16-12(9)11/h8-12H,1,3-5H2,2H3. The molecule has 2 bridgehead atoms. The summed E-state index contributed by atoms with van der Waals surface area (Å²) < 4.78 is 11.2. The van der Waals surface area contributed by atoms with Crippen LogP contribution in [0.3, 0.4) is 0 Å². The molecule has 0 aromatic rings. The van der Waals surface area contributed by atoms with Crippen LogP contribution in [-0.4, -0.2) is 18.2 Å². The van der Waals surface area contributed by atoms with Gasteiger partial charge >= 0.3 is 5.97 Å². The Bertz CT molecular complexity index is 385. The third kappa shape index (κ3) is 1.17. The molecule has 2 saturated carbocycles. The van der Waals surface area contributed by atoms with E-state index in [1.54, 1.807) is 0 Å². The number of ether oxygens (including phenoxy) is 2. The fourth-order valence-corrected chi connectivity index (χ4v) is 3.33. The van der Waals surface area contributed by atoms with Crippen molar-refractivity contribution in [2.24, 2.45) is 17.8 Å². The molecule has 3 fully saturated rings. The Morgan fingerprint density at radius 3 is 2.88 bits per heavy atom. The van der Waals surface area contributed by atoms with E-state index < -0.39 is 0 Å². The maximum absolute atomic E-state index is 11.5. The van der Waals surface area contributed by atoms with Crippen LogP contribution < -0.4 is 0 Å². The van der Waals surface area contributed by atoms with Crippen molar-refractivity contribution in [3.8, 4) is 0 Å². The van der Waals surface area contributed by atoms with Gasteiger partial charge in [-0.2, -0.15) is 0 Å². The number of carbonyl (C=O) groups is 1. The van der Waals surface area contributed by atoms with Gasteiger partial charge in [0.2, 0.25) is 0 Å². The van der Waals surface area contributed by atoms with Gasteiger partial charge in [-0.05, 0) is 25.3 Å². The number of hydrogen-bond acceptors (Lipinski definition) is 3. The number of fused-ring (bicyclic) bond motifs is 1. The van der Waals surface area contributed by atoms with Crippen LogP contribution in [0.5, 0.6) is 0 Å². The average Bonchev–Trinajstić information content (AvgIpc) is 2.81. The van der Waals surface area contributed by atoms with E-state index in [0.29, 0.717) is 17.6 Å². The SMILES string of the molecule is C=C(C)C(=C)OC1C2CC3C(=O)OC1C3C2. The van der Waals surface area contributed by atoms with Crippen LogP contribution >= 0.6 is 0 Å². The van der Waals surface area contributed by atoms with Crippen LogP contribution in [0.25, 0.3) is 0 Å². The molecule has 1 saturated heterocycles. The first kappa shape index (κ1) is 9.94. The summed E-state index contributed by atoms with van der Waals surface area (Å²) in [7, 11) is 0. The summed E-state index contributed by atoms with van der Waals surface area (Å²) in [6, 6.07) is 0. The first-order chi connectivity index (χ1) is 7.58. The number of esters is 1. The Morgan fingerprint density at radius 1 is 1.44 bits per heavy atom. The highest BCUT2D eigenvalue weighted by Gasteiger charge is 2.62. The number of hydrogen-bond donors (Lipinski definition) is 0. The predicted octanol–water partition coefficient (Wildman–Crippen LogP) is 2.04. The number of allylic oxidation sites excluding steroid dienone is 1. The van der Waals surface area contributed by atoms with Gasteiger partial charge in [-0.25, -0.2) is 0 Å². The normalized spacial score (nSPS) is 43.3. The smallest absolute Gasteiger partial charge is 0.309 e. The molecule has 86 valence electrons. The minimum absolute atomic E-state index is 0.0110. The highest BCUT2D eigenvalue weighted by molar-refractivity contribution is 5.76. The fourth-order valence-electron chi connectivity index (χ4n) is 3.33. The lowest BCUT2D eigenvalue weighted by atomic mass is 9.88. The first-order valence-corrected chi connectivity index (χ1v) is 5.80. The lowest BCUT2D eigenvalue weighted by molar-refractivity contribution is -0.146. The van der Waals surface area contributed by atoms with E-state index in [4.69, 9.17) is 9.47 Å². The van der Waals surface area contributed by atoms with E-state index in [1.807, 2.05) is 6.92 Å². The van der Waals surface area contributed by atoms with E-state index in [9.17, 15) is 4.79 Å². The lowest BCUT2D eigenvalue weighted by Crippen LogP contribution is -2.34. The number of carbonyl (C=O) groups excluding carboxylic acids is 1. The maximum atomic E-state index is 11.5. The van der Waals surface area contributed by atoms with Gasteiger partial charge in [-0.1, -0.05) is 13.2 Å². The van der Waals surface area contributed by atoms with Gasteiger partial charge in [0.05, 0.1) is 5.92 Å². The fraction of sp³-hybridized carbons (Fsp3) is 0.615. The molecule has 3 rings (SSSR count). The summed E-state index contributed by atoms with van der Waals surface area (Å²) in [5.74, 6) is 1.59. The molecule has 3 aliphatic rings. The van der Waals surface area contributed by atoms with Gasteiger partial charge in [-0.15, -0.1) is 0 Å². The zero-order valence-corrected chi connectivity index (χ0v) is 9.44. The molecule has 0 aromatic heterocycles. The van der Waals surface area contributed by atoms with Crippen LogP contribution in [0.1, 0.15) is 19.8 Å². The third-order valence-corrected chi connectivity index (χ3v) is 4.17. The summed E-state index contributed by atoms with van der Waals surface area (Å²) in [6.45, 7) is 9.52. The second kappa shape index (κ2) is 3.12. The van der Waals surface area contributed by atoms with Gasteiger partial charge in [0, 0.05) is 11.8 Å². The Balaban J connectivity index is 1.77. The van der Waals surface area contributed by atoms with Crippen molar-refractivity contribution < 1.29 is 14.3 Å². The summed E-state index contributed by atoms with van der Waals surface area (Å²) >= 11 is 0. The second-order valence-corrected chi connectivity index (χ2v) is 5.19. The molecular weight excluding hydrogens is 204 g/mol. The third-order valence-electron chi connectivity index (χ3n) is 4.17. The zero-order valence-electron chi connectivity index (χ0n) is 9.44. The Kier molecular flexibility index (Phi) is 1.94. The monoisotopic (exact) mass is 220 g/mol. The molecule has 0 N–H and O–H groups in total. The molecule has 0 amide bonds. The summed E-state index contributed by atoms with van der Waals surface area (Å²) in [5.41, 5.74) is 0.837. The molecule has 1 heterocycles. The van der Waals surface area contributed by atoms with Crippen LogP contribution in [0.15, 0.2) is 24.5 Å². The zero-order chi connectivity index (χ0) is 11.4. The van der Waals surface area contributed by atoms with Gasteiger partial charge in [0.15, 0.2) is 0 Å². The summed E-state index contributed by atoms with van der Waals surface area (Å²) in [4.78, 5) is 11.5. The van der Waals surface area contributed by atoms with E-state index >= 15 is 0 Å². The van der Waals surface area contributed by atoms with Gasteiger partial charge in [0.25, 0.3) is 0 Å². The largest absolute Gasteiger partial charge is 0.487 e. The Hall–Kier alpha value is -1.25.